The molecule has 0 aliphatic heterocycles. The van der Waals surface area contributed by atoms with E-state index in [1.165, 1.54) is 12.8 Å². The van der Waals surface area contributed by atoms with E-state index in [1.807, 2.05) is 17.7 Å². The normalized spacial score (nSPS) is 36.3. The van der Waals surface area contributed by atoms with Gasteiger partial charge in [0.1, 0.15) is 0 Å². The molecule has 0 aromatic carbocycles. The zero-order valence-corrected chi connectivity index (χ0v) is 7.12. The zero-order chi connectivity index (χ0) is 8.34. The van der Waals surface area contributed by atoms with Crippen LogP contribution >= 0.6 is 0 Å². The van der Waals surface area contributed by atoms with Crippen molar-refractivity contribution in [1.82, 2.24) is 9.78 Å². The van der Waals surface area contributed by atoms with E-state index >= 15 is 0 Å². The molecule has 12 heavy (non-hydrogen) atoms. The van der Waals surface area contributed by atoms with Gasteiger partial charge < -0.3 is 5.11 Å². The molecule has 1 heterocycles. The second kappa shape index (κ2) is 1.74. The maximum atomic E-state index is 9.08. The van der Waals surface area contributed by atoms with Crippen molar-refractivity contribution in [3.63, 3.8) is 0 Å². The van der Waals surface area contributed by atoms with Crippen molar-refractivity contribution in [2.24, 2.45) is 5.92 Å². The van der Waals surface area contributed by atoms with Gasteiger partial charge in [0.25, 0.3) is 0 Å². The highest BCUT2D eigenvalue weighted by Crippen LogP contribution is 2.72. The number of aromatic nitrogens is 2. The van der Waals surface area contributed by atoms with Crippen LogP contribution in [0.15, 0.2) is 6.07 Å². The lowest BCUT2D eigenvalue weighted by atomic mass is 10.3. The Morgan fingerprint density at radius 1 is 1.75 bits per heavy atom. The molecule has 1 aromatic heterocycles. The summed E-state index contributed by atoms with van der Waals surface area (Å²) in [6.45, 7) is 2.10. The molecule has 2 aliphatic rings. The standard InChI is InChI=1S/C9H12N2O/c1-6-2-8(5-12)11(10-6)9-3-7(9)4-9/h2,7,12H,3-5H2,1H3. The number of aliphatic hydroxyl groups is 1. The van der Waals surface area contributed by atoms with Gasteiger partial charge in [0.2, 0.25) is 0 Å². The monoisotopic (exact) mass is 164 g/mol. The Hall–Kier alpha value is -0.830. The lowest BCUT2D eigenvalue weighted by Gasteiger charge is -2.07. The zero-order valence-electron chi connectivity index (χ0n) is 7.12. The molecular weight excluding hydrogens is 152 g/mol. The summed E-state index contributed by atoms with van der Waals surface area (Å²) in [5, 5.41) is 13.5. The van der Waals surface area contributed by atoms with Crippen LogP contribution < -0.4 is 0 Å². The molecule has 3 nitrogen and oxygen atoms in total. The third kappa shape index (κ3) is 0.630. The number of fused-ring (bicyclic) bond motifs is 1. The SMILES string of the molecule is Cc1cc(CO)n(C23CC2C3)n1. The first-order chi connectivity index (χ1) is 5.76. The Balaban J connectivity index is 2.07. The highest BCUT2D eigenvalue weighted by atomic mass is 16.3. The second-order valence-electron chi connectivity index (χ2n) is 4.06. The van der Waals surface area contributed by atoms with E-state index in [0.717, 1.165) is 17.3 Å². The molecule has 2 saturated carbocycles. The third-order valence-corrected chi connectivity index (χ3v) is 3.13. The van der Waals surface area contributed by atoms with Crippen LogP contribution in [-0.4, -0.2) is 14.9 Å². The fraction of sp³-hybridized carbons (Fsp3) is 0.667. The van der Waals surface area contributed by atoms with E-state index in [9.17, 15) is 0 Å². The lowest BCUT2D eigenvalue weighted by Crippen LogP contribution is -2.12. The maximum absolute atomic E-state index is 9.08. The number of hydrogen-bond donors (Lipinski definition) is 1. The Morgan fingerprint density at radius 2 is 2.42 bits per heavy atom. The van der Waals surface area contributed by atoms with Crippen LogP contribution in [0.1, 0.15) is 24.2 Å². The quantitative estimate of drug-likeness (QED) is 0.702. The first kappa shape index (κ1) is 6.66. The Kier molecular flexibility index (Phi) is 0.966. The predicted octanol–water partition coefficient (Wildman–Crippen LogP) is 0.803. The summed E-state index contributed by atoms with van der Waals surface area (Å²) in [5.74, 6) is 0.877. The van der Waals surface area contributed by atoms with E-state index in [2.05, 4.69) is 5.10 Å². The minimum absolute atomic E-state index is 0.120. The molecule has 0 radical (unpaired) electrons. The van der Waals surface area contributed by atoms with Crippen LogP contribution in [0.25, 0.3) is 0 Å². The van der Waals surface area contributed by atoms with Crippen molar-refractivity contribution in [1.29, 1.82) is 0 Å². The fourth-order valence-corrected chi connectivity index (χ4v) is 2.07. The number of aliphatic hydroxyl groups excluding tert-OH is 1. The van der Waals surface area contributed by atoms with Crippen molar-refractivity contribution in [2.45, 2.75) is 31.9 Å². The van der Waals surface area contributed by atoms with Gasteiger partial charge in [-0.15, -0.1) is 0 Å². The maximum Gasteiger partial charge on any atom is 0.0850 e. The van der Waals surface area contributed by atoms with E-state index in [-0.39, 0.29) is 6.61 Å². The average Bonchev–Trinajstić information content (AvgIpc) is 2.82. The van der Waals surface area contributed by atoms with E-state index in [0.29, 0.717) is 5.54 Å². The number of aryl methyl sites for hydroxylation is 1. The minimum atomic E-state index is 0.120. The van der Waals surface area contributed by atoms with Gasteiger partial charge in [0.05, 0.1) is 23.5 Å². The minimum Gasteiger partial charge on any atom is -0.390 e. The second-order valence-corrected chi connectivity index (χ2v) is 4.06. The van der Waals surface area contributed by atoms with Crippen LogP contribution in [0.3, 0.4) is 0 Å². The van der Waals surface area contributed by atoms with Crippen LogP contribution in [0.5, 0.6) is 0 Å². The lowest BCUT2D eigenvalue weighted by molar-refractivity contribution is 0.264. The van der Waals surface area contributed by atoms with Crippen LogP contribution in [0, 0.1) is 12.8 Å². The third-order valence-electron chi connectivity index (χ3n) is 3.13. The molecule has 0 amide bonds. The first-order valence-electron chi connectivity index (χ1n) is 4.43. The predicted molar refractivity (Wildman–Crippen MR) is 43.6 cm³/mol. The number of nitrogens with zero attached hydrogens (tertiary/aromatic N) is 2. The Morgan fingerprint density at radius 3 is 2.92 bits per heavy atom. The molecule has 1 aromatic rings. The van der Waals surface area contributed by atoms with Crippen molar-refractivity contribution in [3.05, 3.63) is 17.5 Å². The summed E-state index contributed by atoms with van der Waals surface area (Å²) >= 11 is 0. The molecule has 0 spiro atoms. The van der Waals surface area contributed by atoms with Gasteiger partial charge in [0, 0.05) is 0 Å². The largest absolute Gasteiger partial charge is 0.390 e. The number of hydrogen-bond acceptors (Lipinski definition) is 2. The highest BCUT2D eigenvalue weighted by Gasteiger charge is 2.72. The molecule has 1 N–H and O–H groups in total. The molecule has 0 saturated heterocycles. The molecule has 3 heteroatoms. The molecule has 0 atom stereocenters. The molecule has 3 rings (SSSR count). The van der Waals surface area contributed by atoms with Gasteiger partial charge in [-0.05, 0) is 31.7 Å². The van der Waals surface area contributed by atoms with Gasteiger partial charge in [-0.25, -0.2) is 0 Å². The summed E-state index contributed by atoms with van der Waals surface area (Å²) in [7, 11) is 0. The Bertz CT molecular complexity index is 336. The van der Waals surface area contributed by atoms with E-state index in [4.69, 9.17) is 5.11 Å². The number of rotatable bonds is 2. The smallest absolute Gasteiger partial charge is 0.0850 e. The summed E-state index contributed by atoms with van der Waals surface area (Å²) in [5.41, 5.74) is 2.37. The van der Waals surface area contributed by atoms with Crippen LogP contribution in [0.4, 0.5) is 0 Å². The van der Waals surface area contributed by atoms with E-state index in [1.54, 1.807) is 0 Å². The Labute approximate surface area is 71.0 Å². The van der Waals surface area contributed by atoms with Crippen molar-refractivity contribution in [3.8, 4) is 0 Å². The summed E-state index contributed by atoms with van der Waals surface area (Å²) < 4.78 is 2.05. The van der Waals surface area contributed by atoms with Gasteiger partial charge in [0.15, 0.2) is 0 Å². The van der Waals surface area contributed by atoms with Gasteiger partial charge in [-0.3, -0.25) is 4.68 Å². The van der Waals surface area contributed by atoms with Gasteiger partial charge >= 0.3 is 0 Å². The topological polar surface area (TPSA) is 38.0 Å². The molecule has 2 aliphatic carbocycles. The van der Waals surface area contributed by atoms with Gasteiger partial charge in [-0.2, -0.15) is 5.10 Å². The van der Waals surface area contributed by atoms with Crippen molar-refractivity contribution < 1.29 is 5.11 Å². The highest BCUT2D eigenvalue weighted by molar-refractivity contribution is 5.27. The average molecular weight is 164 g/mol. The van der Waals surface area contributed by atoms with Gasteiger partial charge in [-0.1, -0.05) is 0 Å². The van der Waals surface area contributed by atoms with Crippen molar-refractivity contribution in [2.75, 3.05) is 0 Å². The molecule has 0 bridgehead atoms. The molecule has 2 fully saturated rings. The molecule has 64 valence electrons. The summed E-state index contributed by atoms with van der Waals surface area (Å²) in [6, 6.07) is 1.97. The molecule has 0 unspecified atom stereocenters. The molecular formula is C9H12N2O. The van der Waals surface area contributed by atoms with Crippen LogP contribution in [0.2, 0.25) is 0 Å². The fourth-order valence-electron chi connectivity index (χ4n) is 2.07. The summed E-state index contributed by atoms with van der Waals surface area (Å²) in [4.78, 5) is 0. The van der Waals surface area contributed by atoms with Crippen molar-refractivity contribution >= 4 is 0 Å². The summed E-state index contributed by atoms with van der Waals surface area (Å²) in [6.07, 6.45) is 2.56. The van der Waals surface area contributed by atoms with Crippen LogP contribution in [-0.2, 0) is 12.1 Å². The first-order valence-corrected chi connectivity index (χ1v) is 4.43. The van der Waals surface area contributed by atoms with E-state index < -0.39 is 0 Å².